The van der Waals surface area contributed by atoms with Gasteiger partial charge in [0.2, 0.25) is 0 Å². The van der Waals surface area contributed by atoms with E-state index in [1.165, 1.54) is 17.4 Å². The molecule has 1 saturated heterocycles. The number of hydrogen-bond donors (Lipinski definition) is 1. The number of hydrogen-bond acceptors (Lipinski definition) is 5. The summed E-state index contributed by atoms with van der Waals surface area (Å²) in [5, 5.41) is 3.36. The van der Waals surface area contributed by atoms with Crippen LogP contribution in [0.25, 0.3) is 10.2 Å². The summed E-state index contributed by atoms with van der Waals surface area (Å²) in [7, 11) is 1.60. The minimum atomic E-state index is -0.339. The highest BCUT2D eigenvalue weighted by atomic mass is 32.1. The topological polar surface area (TPSA) is 63.7 Å². The van der Waals surface area contributed by atoms with Crippen LogP contribution in [-0.2, 0) is 0 Å². The van der Waals surface area contributed by atoms with Crippen molar-refractivity contribution in [1.82, 2.24) is 9.88 Å². The second-order valence-corrected chi connectivity index (χ2v) is 7.52. The molecule has 0 spiro atoms. The molecule has 8 heteroatoms. The molecular weight excluding hydrogens is 381 g/mol. The van der Waals surface area contributed by atoms with Crippen molar-refractivity contribution in [3.63, 3.8) is 0 Å². The minimum absolute atomic E-state index is 0.0336. The maximum atomic E-state index is 13.8. The number of benzene rings is 2. The summed E-state index contributed by atoms with van der Waals surface area (Å²) in [6.45, 7) is 1.18. The SMILES string of the molecule is COc1ccc(NC(=O)N2CCC(Oc3nc4c(F)cccc4s3)CC2)cc1. The normalized spacial score (nSPS) is 14.9. The Labute approximate surface area is 165 Å². The average Bonchev–Trinajstić information content (AvgIpc) is 3.13. The number of aromatic nitrogens is 1. The predicted molar refractivity (Wildman–Crippen MR) is 107 cm³/mol. The standard InChI is InChI=1S/C20H20FN3O3S/c1-26-14-7-5-13(6-8-14)22-19(25)24-11-9-15(10-12-24)27-20-23-18-16(21)3-2-4-17(18)28-20/h2-8,15H,9-12H2,1H3,(H,22,25). The molecule has 1 aliphatic rings. The Kier molecular flexibility index (Phi) is 5.29. The highest BCUT2D eigenvalue weighted by Crippen LogP contribution is 2.31. The lowest BCUT2D eigenvalue weighted by Gasteiger charge is -2.31. The second-order valence-electron chi connectivity index (χ2n) is 6.53. The van der Waals surface area contributed by atoms with E-state index in [1.807, 2.05) is 6.07 Å². The third kappa shape index (κ3) is 4.01. The van der Waals surface area contributed by atoms with Crippen LogP contribution in [0, 0.1) is 5.82 Å². The van der Waals surface area contributed by atoms with Crippen LogP contribution in [0.2, 0.25) is 0 Å². The van der Waals surface area contributed by atoms with Crippen LogP contribution in [-0.4, -0.2) is 42.2 Å². The van der Waals surface area contributed by atoms with Crippen LogP contribution in [0.1, 0.15) is 12.8 Å². The Balaban J connectivity index is 1.30. The molecule has 4 rings (SSSR count). The van der Waals surface area contributed by atoms with Gasteiger partial charge in [-0.25, -0.2) is 9.18 Å². The van der Waals surface area contributed by atoms with Crippen LogP contribution in [0.5, 0.6) is 10.9 Å². The summed E-state index contributed by atoms with van der Waals surface area (Å²) in [6.07, 6.45) is 1.37. The van der Waals surface area contributed by atoms with Crippen LogP contribution >= 0.6 is 11.3 Å². The van der Waals surface area contributed by atoms with Crippen LogP contribution in [0.4, 0.5) is 14.9 Å². The molecule has 1 fully saturated rings. The maximum absolute atomic E-state index is 13.8. The van der Waals surface area contributed by atoms with E-state index in [0.29, 0.717) is 36.6 Å². The summed E-state index contributed by atoms with van der Waals surface area (Å²) in [6, 6.07) is 12.0. The number of rotatable bonds is 4. The van der Waals surface area contributed by atoms with E-state index in [2.05, 4.69) is 10.3 Å². The molecule has 1 N–H and O–H groups in total. The number of halogens is 1. The molecule has 0 aliphatic carbocycles. The zero-order chi connectivity index (χ0) is 19.5. The van der Waals surface area contributed by atoms with Crippen molar-refractivity contribution in [3.8, 4) is 10.9 Å². The summed E-state index contributed by atoms with van der Waals surface area (Å²) in [4.78, 5) is 18.4. The third-order valence-electron chi connectivity index (χ3n) is 4.69. The molecule has 2 heterocycles. The van der Waals surface area contributed by atoms with Crippen LogP contribution in [0.15, 0.2) is 42.5 Å². The number of likely N-dealkylation sites (tertiary alicyclic amines) is 1. The molecule has 1 aliphatic heterocycles. The van der Waals surface area contributed by atoms with Crippen LogP contribution in [0.3, 0.4) is 0 Å². The molecule has 0 radical (unpaired) electrons. The Bertz CT molecular complexity index is 968. The van der Waals surface area contributed by atoms with Gasteiger partial charge < -0.3 is 19.7 Å². The highest BCUT2D eigenvalue weighted by Gasteiger charge is 2.25. The van der Waals surface area contributed by atoms with Crippen molar-refractivity contribution in [2.45, 2.75) is 18.9 Å². The fourth-order valence-electron chi connectivity index (χ4n) is 3.14. The summed E-state index contributed by atoms with van der Waals surface area (Å²) in [5.74, 6) is 0.402. The number of methoxy groups -OCH3 is 1. The fraction of sp³-hybridized carbons (Fsp3) is 0.300. The lowest BCUT2D eigenvalue weighted by Crippen LogP contribution is -2.43. The summed E-state index contributed by atoms with van der Waals surface area (Å²) in [5.41, 5.74) is 1.07. The van der Waals surface area contributed by atoms with Crippen molar-refractivity contribution in [2.24, 2.45) is 0 Å². The minimum Gasteiger partial charge on any atom is -0.497 e. The maximum Gasteiger partial charge on any atom is 0.321 e. The molecule has 146 valence electrons. The molecule has 0 atom stereocenters. The van der Waals surface area contributed by atoms with Crippen molar-refractivity contribution in [3.05, 3.63) is 48.3 Å². The molecule has 3 aromatic rings. The quantitative estimate of drug-likeness (QED) is 0.698. The van der Waals surface area contributed by atoms with Gasteiger partial charge in [0.15, 0.2) is 0 Å². The Morgan fingerprint density at radius 3 is 2.64 bits per heavy atom. The Morgan fingerprint density at radius 1 is 1.21 bits per heavy atom. The molecule has 0 saturated carbocycles. The fourth-order valence-corrected chi connectivity index (χ4v) is 4.04. The highest BCUT2D eigenvalue weighted by molar-refractivity contribution is 7.20. The molecule has 2 amide bonds. The summed E-state index contributed by atoms with van der Waals surface area (Å²) < 4.78 is 25.6. The molecule has 0 unspecified atom stereocenters. The van der Waals surface area contributed by atoms with E-state index in [4.69, 9.17) is 9.47 Å². The van der Waals surface area contributed by atoms with Crippen molar-refractivity contribution in [2.75, 3.05) is 25.5 Å². The lowest BCUT2D eigenvalue weighted by molar-refractivity contribution is 0.115. The van der Waals surface area contributed by atoms with Gasteiger partial charge in [0.25, 0.3) is 5.19 Å². The van der Waals surface area contributed by atoms with E-state index in [-0.39, 0.29) is 18.0 Å². The zero-order valence-corrected chi connectivity index (χ0v) is 16.2. The monoisotopic (exact) mass is 401 g/mol. The molecule has 28 heavy (non-hydrogen) atoms. The Hall–Kier alpha value is -2.87. The van der Waals surface area contributed by atoms with Gasteiger partial charge in [-0.15, -0.1) is 0 Å². The van der Waals surface area contributed by atoms with Crippen LogP contribution < -0.4 is 14.8 Å². The lowest BCUT2D eigenvalue weighted by atomic mass is 10.1. The Morgan fingerprint density at radius 2 is 1.96 bits per heavy atom. The van der Waals surface area contributed by atoms with Gasteiger partial charge in [0.1, 0.15) is 23.2 Å². The third-order valence-corrected chi connectivity index (χ3v) is 5.60. The van der Waals surface area contributed by atoms with Crippen molar-refractivity contribution in [1.29, 1.82) is 0 Å². The van der Waals surface area contributed by atoms with Gasteiger partial charge in [-0.05, 0) is 36.4 Å². The van der Waals surface area contributed by atoms with E-state index in [0.717, 1.165) is 16.1 Å². The average molecular weight is 401 g/mol. The largest absolute Gasteiger partial charge is 0.497 e. The first-order valence-corrected chi connectivity index (χ1v) is 9.86. The van der Waals surface area contributed by atoms with Gasteiger partial charge in [-0.1, -0.05) is 17.4 Å². The first-order chi connectivity index (χ1) is 13.6. The van der Waals surface area contributed by atoms with Gasteiger partial charge in [-0.3, -0.25) is 0 Å². The number of fused-ring (bicyclic) bond motifs is 1. The van der Waals surface area contributed by atoms with Gasteiger partial charge in [0, 0.05) is 31.6 Å². The number of amides is 2. The van der Waals surface area contributed by atoms with Gasteiger partial charge in [0.05, 0.1) is 11.8 Å². The molecule has 0 bridgehead atoms. The van der Waals surface area contributed by atoms with E-state index >= 15 is 0 Å². The predicted octanol–water partition coefficient (Wildman–Crippen LogP) is 4.52. The zero-order valence-electron chi connectivity index (χ0n) is 15.4. The number of piperidine rings is 1. The number of carbonyl (C=O) groups excluding carboxylic acids is 1. The number of urea groups is 1. The first kappa shape index (κ1) is 18.5. The number of anilines is 1. The second kappa shape index (κ2) is 8.02. The summed E-state index contributed by atoms with van der Waals surface area (Å²) >= 11 is 1.34. The molecule has 1 aromatic heterocycles. The number of carbonyl (C=O) groups is 1. The number of ether oxygens (including phenoxy) is 2. The number of para-hydroxylation sites is 1. The van der Waals surface area contributed by atoms with E-state index in [1.54, 1.807) is 42.3 Å². The smallest absolute Gasteiger partial charge is 0.321 e. The molecule has 2 aromatic carbocycles. The van der Waals surface area contributed by atoms with E-state index in [9.17, 15) is 9.18 Å². The number of nitrogens with zero attached hydrogens (tertiary/aromatic N) is 2. The number of nitrogens with one attached hydrogen (secondary N) is 1. The number of thiazole rings is 1. The van der Waals surface area contributed by atoms with Crippen molar-refractivity contribution < 1.29 is 18.7 Å². The van der Waals surface area contributed by atoms with E-state index < -0.39 is 0 Å². The van der Waals surface area contributed by atoms with Gasteiger partial charge in [-0.2, -0.15) is 4.98 Å². The van der Waals surface area contributed by atoms with Gasteiger partial charge >= 0.3 is 6.03 Å². The molecular formula is C20H20FN3O3S. The first-order valence-electron chi connectivity index (χ1n) is 9.04. The van der Waals surface area contributed by atoms with Crippen molar-refractivity contribution >= 4 is 33.3 Å². The molecule has 6 nitrogen and oxygen atoms in total.